The number of hydrogen-bond acceptors (Lipinski definition) is 6. The SMILES string of the molecule is COc1cccc(CCCOc2ccc(CCC3(NC(=O)OC(C)(C)C)COC(C)(C)OC3)cc2C(F)(F)F)c1. The Morgan fingerprint density at radius 2 is 1.68 bits per heavy atom. The lowest BCUT2D eigenvalue weighted by molar-refractivity contribution is -0.271. The van der Waals surface area contributed by atoms with Crippen LogP contribution >= 0.6 is 0 Å². The maximum Gasteiger partial charge on any atom is 0.419 e. The molecular weight excluding hydrogens is 527 g/mol. The van der Waals surface area contributed by atoms with E-state index in [9.17, 15) is 18.0 Å². The minimum absolute atomic E-state index is 0.125. The van der Waals surface area contributed by atoms with E-state index in [2.05, 4.69) is 5.32 Å². The van der Waals surface area contributed by atoms with E-state index >= 15 is 0 Å². The predicted octanol–water partition coefficient (Wildman–Crippen LogP) is 6.70. The molecule has 0 saturated carbocycles. The number of halogens is 3. The van der Waals surface area contributed by atoms with E-state index in [1.807, 2.05) is 24.3 Å². The van der Waals surface area contributed by atoms with Gasteiger partial charge >= 0.3 is 12.3 Å². The van der Waals surface area contributed by atoms with Crippen molar-refractivity contribution < 1.29 is 41.7 Å². The molecule has 3 rings (SSSR count). The molecule has 1 fully saturated rings. The van der Waals surface area contributed by atoms with Crippen molar-refractivity contribution in [3.8, 4) is 11.5 Å². The summed E-state index contributed by atoms with van der Waals surface area (Å²) in [6.45, 7) is 9.14. The third-order valence-electron chi connectivity index (χ3n) is 6.40. The summed E-state index contributed by atoms with van der Waals surface area (Å²) >= 11 is 0. The monoisotopic (exact) mass is 567 g/mol. The first-order valence-corrected chi connectivity index (χ1v) is 13.3. The summed E-state index contributed by atoms with van der Waals surface area (Å²) in [5.41, 5.74) is -1.05. The molecule has 40 heavy (non-hydrogen) atoms. The average Bonchev–Trinajstić information content (AvgIpc) is 2.86. The first-order valence-electron chi connectivity index (χ1n) is 13.3. The third-order valence-corrected chi connectivity index (χ3v) is 6.40. The van der Waals surface area contributed by atoms with Crippen LogP contribution in [0.2, 0.25) is 0 Å². The first-order chi connectivity index (χ1) is 18.6. The minimum atomic E-state index is -4.59. The van der Waals surface area contributed by atoms with Crippen molar-refractivity contribution in [1.29, 1.82) is 0 Å². The smallest absolute Gasteiger partial charge is 0.419 e. The fraction of sp³-hybridized carbons (Fsp3) is 0.567. The molecule has 0 atom stereocenters. The van der Waals surface area contributed by atoms with E-state index in [0.29, 0.717) is 18.4 Å². The van der Waals surface area contributed by atoms with Crippen molar-refractivity contribution in [3.63, 3.8) is 0 Å². The molecule has 0 aromatic heterocycles. The molecule has 0 spiro atoms. The van der Waals surface area contributed by atoms with Crippen LogP contribution in [0.3, 0.4) is 0 Å². The highest BCUT2D eigenvalue weighted by atomic mass is 19.4. The molecule has 1 aliphatic heterocycles. The van der Waals surface area contributed by atoms with Gasteiger partial charge in [0.1, 0.15) is 17.1 Å². The van der Waals surface area contributed by atoms with Crippen LogP contribution in [0.5, 0.6) is 11.5 Å². The van der Waals surface area contributed by atoms with Crippen LogP contribution in [-0.4, -0.2) is 50.0 Å². The van der Waals surface area contributed by atoms with Crippen molar-refractivity contribution in [3.05, 3.63) is 59.2 Å². The highest BCUT2D eigenvalue weighted by Gasteiger charge is 2.42. The lowest BCUT2D eigenvalue weighted by Gasteiger charge is -2.44. The zero-order valence-corrected chi connectivity index (χ0v) is 24.1. The van der Waals surface area contributed by atoms with Crippen LogP contribution < -0.4 is 14.8 Å². The van der Waals surface area contributed by atoms with Crippen LogP contribution in [0.25, 0.3) is 0 Å². The van der Waals surface area contributed by atoms with Crippen LogP contribution in [-0.2, 0) is 33.2 Å². The van der Waals surface area contributed by atoms with Crippen LogP contribution in [0.4, 0.5) is 18.0 Å². The van der Waals surface area contributed by atoms with E-state index in [4.69, 9.17) is 23.7 Å². The molecule has 1 aliphatic rings. The molecule has 1 saturated heterocycles. The van der Waals surface area contributed by atoms with E-state index in [1.165, 1.54) is 6.07 Å². The lowest BCUT2D eigenvalue weighted by atomic mass is 9.91. The highest BCUT2D eigenvalue weighted by Crippen LogP contribution is 2.38. The van der Waals surface area contributed by atoms with Crippen molar-refractivity contribution in [2.24, 2.45) is 0 Å². The van der Waals surface area contributed by atoms with Crippen molar-refractivity contribution in [1.82, 2.24) is 5.32 Å². The Kier molecular flexibility index (Phi) is 10.0. The standard InChI is InChI=1S/C30H40F3NO6/c1-27(2,3)40-26(35)34-29(19-38-28(4,5)39-20-29)15-14-22-12-13-25(24(18-22)30(31,32)33)37-16-8-10-21-9-7-11-23(17-21)36-6/h7,9,11-13,17-18H,8,10,14-16,19-20H2,1-6H3,(H,34,35). The molecule has 0 unspecified atom stereocenters. The van der Waals surface area contributed by atoms with Gasteiger partial charge in [-0.15, -0.1) is 0 Å². The summed E-state index contributed by atoms with van der Waals surface area (Å²) in [5, 5.41) is 2.84. The van der Waals surface area contributed by atoms with Gasteiger partial charge in [-0.2, -0.15) is 13.2 Å². The molecule has 0 radical (unpaired) electrons. The Morgan fingerprint density at radius 3 is 2.30 bits per heavy atom. The molecule has 1 N–H and O–H groups in total. The Balaban J connectivity index is 1.68. The number of rotatable bonds is 10. The second-order valence-electron chi connectivity index (χ2n) is 11.5. The Morgan fingerprint density at radius 1 is 1.00 bits per heavy atom. The van der Waals surface area contributed by atoms with E-state index < -0.39 is 34.8 Å². The average molecular weight is 568 g/mol. The van der Waals surface area contributed by atoms with Gasteiger partial charge < -0.3 is 29.0 Å². The number of alkyl halides is 3. The highest BCUT2D eigenvalue weighted by molar-refractivity contribution is 5.69. The summed E-state index contributed by atoms with van der Waals surface area (Å²) in [7, 11) is 1.58. The fourth-order valence-corrected chi connectivity index (χ4v) is 4.26. The number of alkyl carbamates (subject to hydrolysis) is 1. The molecule has 2 aromatic rings. The molecule has 1 heterocycles. The number of methoxy groups -OCH3 is 1. The summed E-state index contributed by atoms with van der Waals surface area (Å²) < 4.78 is 69.7. The second-order valence-corrected chi connectivity index (χ2v) is 11.5. The van der Waals surface area contributed by atoms with Crippen LogP contribution in [0, 0.1) is 0 Å². The molecule has 7 nitrogen and oxygen atoms in total. The zero-order valence-electron chi connectivity index (χ0n) is 24.1. The minimum Gasteiger partial charge on any atom is -0.497 e. The predicted molar refractivity (Wildman–Crippen MR) is 145 cm³/mol. The van der Waals surface area contributed by atoms with Crippen molar-refractivity contribution >= 4 is 6.09 Å². The normalized spacial score (nSPS) is 16.7. The molecule has 10 heteroatoms. The third kappa shape index (κ3) is 9.59. The van der Waals surface area contributed by atoms with Gasteiger partial charge in [0, 0.05) is 0 Å². The molecule has 0 bridgehead atoms. The van der Waals surface area contributed by atoms with Gasteiger partial charge in [0.2, 0.25) is 0 Å². The number of nitrogens with one attached hydrogen (secondary N) is 1. The zero-order chi connectivity index (χ0) is 29.6. The van der Waals surface area contributed by atoms with Gasteiger partial charge in [0.05, 0.1) is 38.0 Å². The molecule has 222 valence electrons. The summed E-state index contributed by atoms with van der Waals surface area (Å²) in [6, 6.07) is 11.6. The number of ether oxygens (including phenoxy) is 5. The van der Waals surface area contributed by atoms with Gasteiger partial charge in [-0.05, 0) is 95.7 Å². The fourth-order valence-electron chi connectivity index (χ4n) is 4.26. The maximum absolute atomic E-state index is 14.0. The number of amides is 1. The Bertz CT molecular complexity index is 1130. The number of benzene rings is 2. The molecule has 2 aromatic carbocycles. The Labute approximate surface area is 234 Å². The van der Waals surface area contributed by atoms with Gasteiger partial charge in [0.15, 0.2) is 5.79 Å². The van der Waals surface area contributed by atoms with Crippen LogP contribution in [0.15, 0.2) is 42.5 Å². The summed E-state index contributed by atoms with van der Waals surface area (Å²) in [5.74, 6) is -0.324. The summed E-state index contributed by atoms with van der Waals surface area (Å²) in [6.07, 6.45) is -3.53. The van der Waals surface area contributed by atoms with Crippen molar-refractivity contribution in [2.45, 2.75) is 83.4 Å². The van der Waals surface area contributed by atoms with Gasteiger partial charge in [-0.1, -0.05) is 18.2 Å². The van der Waals surface area contributed by atoms with Gasteiger partial charge in [0.25, 0.3) is 0 Å². The molecular formula is C30H40F3NO6. The first kappa shape index (κ1) is 31.5. The number of carbonyl (C=O) groups excluding carboxylic acids is 1. The molecule has 1 amide bonds. The van der Waals surface area contributed by atoms with Gasteiger partial charge in [-0.25, -0.2) is 4.79 Å². The Hall–Kier alpha value is -2.98. The molecule has 0 aliphatic carbocycles. The number of aryl methyl sites for hydroxylation is 2. The van der Waals surface area contributed by atoms with Gasteiger partial charge in [-0.3, -0.25) is 0 Å². The van der Waals surface area contributed by atoms with Crippen LogP contribution in [0.1, 0.15) is 64.2 Å². The second kappa shape index (κ2) is 12.7. The maximum atomic E-state index is 14.0. The number of hydrogen-bond donors (Lipinski definition) is 1. The lowest BCUT2D eigenvalue weighted by Crippen LogP contribution is -2.61. The number of carbonyl (C=O) groups is 1. The van der Waals surface area contributed by atoms with E-state index in [0.717, 1.165) is 17.4 Å². The van der Waals surface area contributed by atoms with E-state index in [-0.39, 0.29) is 38.4 Å². The topological polar surface area (TPSA) is 75.3 Å². The summed E-state index contributed by atoms with van der Waals surface area (Å²) in [4.78, 5) is 12.6. The quantitative estimate of drug-likeness (QED) is 0.322. The van der Waals surface area contributed by atoms with E-state index in [1.54, 1.807) is 47.8 Å². The largest absolute Gasteiger partial charge is 0.497 e. The van der Waals surface area contributed by atoms with Crippen molar-refractivity contribution in [2.75, 3.05) is 26.9 Å².